The molecule has 4 heterocycles. The van der Waals surface area contributed by atoms with Crippen molar-refractivity contribution in [3.63, 3.8) is 0 Å². The Kier molecular flexibility index (Phi) is 19.0. The molecule has 26 atom stereocenters. The smallest absolute Gasteiger partial charge is 1.00 e. The van der Waals surface area contributed by atoms with E-state index in [9.17, 15) is 30.3 Å². The molecule has 14 rings (SSSR count). The fourth-order valence-electron chi connectivity index (χ4n) is 26.2. The number of aliphatic hydroxyl groups is 6. The largest absolute Gasteiger partial charge is 1.00 e. The maximum Gasteiger partial charge on any atom is 1.00 e. The first-order valence-corrected chi connectivity index (χ1v) is 33.0. The molecule has 17 nitrogen and oxygen atoms in total. The summed E-state index contributed by atoms with van der Waals surface area (Å²) in [6, 6.07) is 0. The van der Waals surface area contributed by atoms with E-state index in [-0.39, 0.29) is 185 Å². The molecule has 484 valence electrons. The van der Waals surface area contributed by atoms with E-state index >= 15 is 0 Å². The summed E-state index contributed by atoms with van der Waals surface area (Å²) in [6.45, 7) is 35.8. The Bertz CT molecular complexity index is 2730. The molecule has 6 spiro atoms. The second-order valence-corrected chi connectivity index (χ2v) is 33.9. The van der Waals surface area contributed by atoms with E-state index in [0.717, 1.165) is 58.5 Å². The van der Waals surface area contributed by atoms with Gasteiger partial charge in [-0.1, -0.05) is 69.2 Å². The van der Waals surface area contributed by atoms with Crippen LogP contribution in [0.5, 0.6) is 0 Å². The van der Waals surface area contributed by atoms with E-state index in [1.807, 2.05) is 13.8 Å². The maximum absolute atomic E-state index is 12.2. The van der Waals surface area contributed by atoms with E-state index in [2.05, 4.69) is 74.1 Å². The minimum absolute atomic E-state index is 0. The zero-order valence-electron chi connectivity index (χ0n) is 57.9. The Hall–Kier alpha value is 0.793. The van der Waals surface area contributed by atoms with Crippen LogP contribution in [0.25, 0.3) is 0 Å². The summed E-state index contributed by atoms with van der Waals surface area (Å²) >= 11 is 0. The molecule has 19 heteroatoms. The molecule has 2 saturated heterocycles. The van der Waals surface area contributed by atoms with Gasteiger partial charge in [-0.15, -0.1) is 0 Å². The Balaban J connectivity index is 0.000000203. The Labute approximate surface area is 606 Å². The molecule has 0 amide bonds. The summed E-state index contributed by atoms with van der Waals surface area (Å²) in [5, 5.41) is 70.5. The van der Waals surface area contributed by atoms with Gasteiger partial charge < -0.3 is 65.9 Å². The molecular weight excluding hydrogens is 1160 g/mol. The standard InChI is InChI=1S/C34H53NO6.C32H51NO5.CH2O3.CH4O.2K.H/c1-18-16-21(26(29(6,7)38)40-20(3)36)41-34-25(18)30(8)14-15-33-17-32(33)13-12-24(37)28(4,5)22(32)10-11-23(33)31(30,9)27(34)39-19(2)35-34;1-17-15-19(24(35)27(5,6)36)38-32-23(17)28(7)13-14-31-16-30(31)12-11-22(34)26(3,4)20(30)9-10-21(31)29(28,8)25(32)37-18(2)33-32;2-1-4-3;1-2;;;/h18,21-27,37-38H,10-17H2,1-9H3;17,19-25,34-36H,9-16H2,1-8H3;1,3H;2H,1H3;;;/q;;;;2*+1;-1/p-1/t18-,21-,22+,23+,24+,25-,26+,27?,30-,31-,32-,33+,34?;17-,19-,20+,21+,22+,23-,24+,25?,28-,29-,30-,31+,32?;;;;;/m11...../s1. The predicted octanol–water partition coefficient (Wildman–Crippen LogP) is 2.89. The SMILES string of the molecule is CC(=O)O[C@@H]([C@H]1C[C@@H](C)[C@H]2C3(N=C(C)OC3[C@@]3(C)[C@@H]4CC[C@H]5C(C)(C)[C@@H](O)CC[C@@]56C[C@@]46CC[C@]23C)O1)C(C)(C)O.CC1=NC23O[C@@H]([C@H](O)C(C)(C)O)C[C@@H](C)[C@@H]2[C@@]2(C)CC[C@@]45C[C@@]46CC[C@H](O)C(C)(C)[C@@H]6CC[C@H]5[C@]2(C)C3O1.CO.O=CO[O-].[H-].[K+].[K+]. The van der Waals surface area contributed by atoms with E-state index in [4.69, 9.17) is 48.8 Å². The molecule has 10 aliphatic carbocycles. The number of fused-ring (bicyclic) bond motifs is 8. The number of nitrogens with zero attached hydrogens (tertiary/aromatic N) is 2. The van der Waals surface area contributed by atoms with Crippen LogP contribution in [0.15, 0.2) is 9.98 Å². The predicted molar refractivity (Wildman–Crippen MR) is 317 cm³/mol. The third-order valence-electron chi connectivity index (χ3n) is 29.3. The summed E-state index contributed by atoms with van der Waals surface area (Å²) in [6.07, 6.45) is 14.1. The summed E-state index contributed by atoms with van der Waals surface area (Å²) in [5.41, 5.74) is -3.18. The summed E-state index contributed by atoms with van der Waals surface area (Å²) in [4.78, 5) is 33.9. The summed E-state index contributed by atoms with van der Waals surface area (Å²) in [7, 11) is 1.00. The Morgan fingerprint density at radius 1 is 0.632 bits per heavy atom. The monoisotopic (exact) mass is 1270 g/mol. The van der Waals surface area contributed by atoms with Crippen molar-refractivity contribution in [3.05, 3.63) is 0 Å². The minimum Gasteiger partial charge on any atom is -1.00 e. The zero-order chi connectivity index (χ0) is 62.6. The van der Waals surface area contributed by atoms with Gasteiger partial charge in [-0.3, -0.25) is 9.59 Å². The molecule has 0 aromatic heterocycles. The number of aliphatic imine (C=N–C) groups is 2. The van der Waals surface area contributed by atoms with E-state index in [1.165, 1.54) is 51.9 Å². The zero-order valence-corrected chi connectivity index (χ0v) is 63.1. The van der Waals surface area contributed by atoms with Gasteiger partial charge in [-0.2, -0.15) is 0 Å². The van der Waals surface area contributed by atoms with Crippen LogP contribution in [0.4, 0.5) is 0 Å². The number of aliphatic hydroxyl groups excluding tert-OH is 4. The molecule has 87 heavy (non-hydrogen) atoms. The van der Waals surface area contributed by atoms with Crippen molar-refractivity contribution in [2.24, 2.45) is 111 Å². The van der Waals surface area contributed by atoms with Gasteiger partial charge in [0.2, 0.25) is 11.4 Å². The van der Waals surface area contributed by atoms with Crippen molar-refractivity contribution in [2.75, 3.05) is 7.11 Å². The summed E-state index contributed by atoms with van der Waals surface area (Å²) in [5.74, 6) is 4.11. The average molecular weight is 1270 g/mol. The molecule has 12 fully saturated rings. The van der Waals surface area contributed by atoms with Crippen LogP contribution in [0.1, 0.15) is 222 Å². The fourth-order valence-corrected chi connectivity index (χ4v) is 26.2. The molecule has 4 unspecified atom stereocenters. The number of carbonyl (C=O) groups is 2. The minimum atomic E-state index is -1.26. The van der Waals surface area contributed by atoms with Gasteiger partial charge in [0.15, 0.2) is 30.1 Å². The van der Waals surface area contributed by atoms with Crippen LogP contribution in [-0.2, 0) is 38.2 Å². The van der Waals surface area contributed by atoms with E-state index in [1.54, 1.807) is 27.7 Å². The molecule has 4 aliphatic heterocycles. The van der Waals surface area contributed by atoms with Crippen LogP contribution in [0, 0.1) is 101 Å². The van der Waals surface area contributed by atoms with Gasteiger partial charge >= 0.3 is 109 Å². The average Bonchev–Trinajstić information content (AvgIpc) is 1.46. The van der Waals surface area contributed by atoms with Gasteiger partial charge in [-0.25, -0.2) is 9.98 Å². The normalized spacial score (nSPS) is 51.9. The molecule has 0 aromatic carbocycles. The van der Waals surface area contributed by atoms with Crippen LogP contribution in [0.3, 0.4) is 0 Å². The van der Waals surface area contributed by atoms with E-state index < -0.39 is 53.0 Å². The third kappa shape index (κ3) is 9.39. The van der Waals surface area contributed by atoms with Crippen LogP contribution < -0.4 is 108 Å². The molecule has 14 aliphatic rings. The van der Waals surface area contributed by atoms with Crippen molar-refractivity contribution in [1.82, 2.24) is 0 Å². The number of carbonyl (C=O) groups excluding carboxylic acids is 2. The van der Waals surface area contributed by atoms with Gasteiger partial charge in [0.05, 0.1) is 29.5 Å². The first-order chi connectivity index (χ1) is 39.3. The topological polar surface area (TPSA) is 259 Å². The van der Waals surface area contributed by atoms with Crippen molar-refractivity contribution in [2.45, 2.75) is 292 Å². The molecule has 0 radical (unpaired) electrons. The van der Waals surface area contributed by atoms with Crippen LogP contribution in [0.2, 0.25) is 0 Å². The number of ether oxygens (including phenoxy) is 5. The van der Waals surface area contributed by atoms with Crippen LogP contribution >= 0.6 is 0 Å². The molecule has 6 N–H and O–H groups in total. The quantitative estimate of drug-likeness (QED) is 0.0735. The molecule has 0 bridgehead atoms. The van der Waals surface area contributed by atoms with Crippen molar-refractivity contribution < 1.29 is 178 Å². The van der Waals surface area contributed by atoms with Crippen molar-refractivity contribution in [3.8, 4) is 0 Å². The first-order valence-electron chi connectivity index (χ1n) is 33.0. The Morgan fingerprint density at radius 3 is 1.34 bits per heavy atom. The number of rotatable bonds is 6. The first kappa shape index (κ1) is 72.1. The number of hydrogen-bond donors (Lipinski definition) is 6. The van der Waals surface area contributed by atoms with Gasteiger partial charge in [0, 0.05) is 50.5 Å². The van der Waals surface area contributed by atoms with Crippen LogP contribution in [-0.4, -0.2) is 133 Å². The van der Waals surface area contributed by atoms with E-state index in [0.29, 0.717) is 69.5 Å². The van der Waals surface area contributed by atoms with Crippen molar-refractivity contribution >= 4 is 24.2 Å². The third-order valence-corrected chi connectivity index (χ3v) is 29.3. The maximum atomic E-state index is 12.2. The number of hydrogen-bond acceptors (Lipinski definition) is 17. The van der Waals surface area contributed by atoms with Gasteiger partial charge in [0.25, 0.3) is 6.47 Å². The van der Waals surface area contributed by atoms with Crippen molar-refractivity contribution in [1.29, 1.82) is 0 Å². The second kappa shape index (κ2) is 23.0. The van der Waals surface area contributed by atoms with Gasteiger partial charge in [-0.05, 0) is 209 Å². The second-order valence-electron chi connectivity index (χ2n) is 33.9. The summed E-state index contributed by atoms with van der Waals surface area (Å²) < 4.78 is 33.6. The number of esters is 1. The van der Waals surface area contributed by atoms with Gasteiger partial charge in [0.1, 0.15) is 12.2 Å². The fraction of sp³-hybridized carbons (Fsp3) is 0.941. The Morgan fingerprint density at radius 2 is 0.989 bits per heavy atom. The molecule has 10 saturated carbocycles. The molecular formula is C68H110K2N2O15. The molecule has 0 aromatic rings.